The lowest BCUT2D eigenvalue weighted by Gasteiger charge is -2.32. The highest BCUT2D eigenvalue weighted by atomic mass is 16.2. The lowest BCUT2D eigenvalue weighted by atomic mass is 9.96. The Kier molecular flexibility index (Phi) is 7.23. The molecule has 1 aromatic heterocycles. The predicted molar refractivity (Wildman–Crippen MR) is 114 cm³/mol. The zero-order chi connectivity index (χ0) is 20.8. The van der Waals surface area contributed by atoms with Crippen molar-refractivity contribution in [3.63, 3.8) is 0 Å². The summed E-state index contributed by atoms with van der Waals surface area (Å²) in [5, 5.41) is 14.8. The quantitative estimate of drug-likeness (QED) is 0.772. The summed E-state index contributed by atoms with van der Waals surface area (Å²) in [5.74, 6) is 2.56. The summed E-state index contributed by atoms with van der Waals surface area (Å²) in [6, 6.07) is 0.146. The van der Waals surface area contributed by atoms with E-state index in [0.29, 0.717) is 19.5 Å². The zero-order valence-corrected chi connectivity index (χ0v) is 18.1. The van der Waals surface area contributed by atoms with Crippen LogP contribution in [0.4, 0.5) is 4.79 Å². The fraction of sp³-hybridized carbons (Fsp3) is 0.818. The second-order valence-corrected chi connectivity index (χ2v) is 9.10. The Bertz CT molecular complexity index is 727. The first kappa shape index (κ1) is 21.1. The standard InChI is InChI=1S/C22H36N6O2/c29-20(12-13-23-22(30)24-18-9-3-1-4-10-18)27-14-7-8-17(16-27)21-26-25-19-11-5-2-6-15-28(19)21/h17-18H,1-16H2,(H2,23,24,30)/t17-/m0/s1. The van der Waals surface area contributed by atoms with Crippen LogP contribution < -0.4 is 10.6 Å². The van der Waals surface area contributed by atoms with E-state index in [0.717, 1.165) is 56.8 Å². The van der Waals surface area contributed by atoms with E-state index in [1.807, 2.05) is 4.90 Å². The Labute approximate surface area is 179 Å². The summed E-state index contributed by atoms with van der Waals surface area (Å²) < 4.78 is 2.31. The van der Waals surface area contributed by atoms with Crippen LogP contribution in [0.1, 0.15) is 88.2 Å². The molecule has 1 saturated heterocycles. The number of rotatable bonds is 5. The van der Waals surface area contributed by atoms with Crippen molar-refractivity contribution in [2.45, 2.75) is 95.6 Å². The van der Waals surface area contributed by atoms with Gasteiger partial charge in [-0.3, -0.25) is 4.79 Å². The number of carbonyl (C=O) groups is 2. The van der Waals surface area contributed by atoms with Crippen LogP contribution in [0.5, 0.6) is 0 Å². The molecule has 166 valence electrons. The number of piperidine rings is 1. The summed E-state index contributed by atoms with van der Waals surface area (Å²) in [6.07, 6.45) is 12.8. The molecule has 0 radical (unpaired) electrons. The Hall–Kier alpha value is -2.12. The van der Waals surface area contributed by atoms with Crippen LogP contribution in [0, 0.1) is 0 Å². The first-order valence-corrected chi connectivity index (χ1v) is 11.9. The van der Waals surface area contributed by atoms with Crippen molar-refractivity contribution in [1.29, 1.82) is 0 Å². The van der Waals surface area contributed by atoms with E-state index in [4.69, 9.17) is 0 Å². The maximum Gasteiger partial charge on any atom is 0.315 e. The number of urea groups is 1. The minimum absolute atomic E-state index is 0.119. The Morgan fingerprint density at radius 3 is 2.63 bits per heavy atom. The first-order chi connectivity index (χ1) is 14.7. The lowest BCUT2D eigenvalue weighted by Crippen LogP contribution is -2.45. The van der Waals surface area contributed by atoms with Crippen molar-refractivity contribution < 1.29 is 9.59 Å². The smallest absolute Gasteiger partial charge is 0.315 e. The minimum Gasteiger partial charge on any atom is -0.342 e. The second-order valence-electron chi connectivity index (χ2n) is 9.10. The molecule has 0 unspecified atom stereocenters. The Morgan fingerprint density at radius 2 is 1.77 bits per heavy atom. The van der Waals surface area contributed by atoms with Crippen LogP contribution in [0.3, 0.4) is 0 Å². The molecule has 3 aliphatic rings. The minimum atomic E-state index is -0.141. The van der Waals surface area contributed by atoms with E-state index in [-0.39, 0.29) is 23.9 Å². The van der Waals surface area contributed by atoms with Crippen LogP contribution in [0.25, 0.3) is 0 Å². The van der Waals surface area contributed by atoms with Gasteiger partial charge in [0.2, 0.25) is 5.91 Å². The SMILES string of the molecule is O=C(NCCC(=O)N1CCC[C@H](c2nnc3n2CCCCC3)C1)NC1CCCCC1. The van der Waals surface area contributed by atoms with Gasteiger partial charge in [0.25, 0.3) is 0 Å². The van der Waals surface area contributed by atoms with Crippen LogP contribution in [-0.2, 0) is 17.8 Å². The number of aryl methyl sites for hydroxylation is 1. The fourth-order valence-corrected chi connectivity index (χ4v) is 5.15. The molecule has 1 saturated carbocycles. The van der Waals surface area contributed by atoms with Crippen molar-refractivity contribution >= 4 is 11.9 Å². The van der Waals surface area contributed by atoms with Gasteiger partial charge in [0.15, 0.2) is 0 Å². The van der Waals surface area contributed by atoms with Crippen molar-refractivity contribution in [2.75, 3.05) is 19.6 Å². The monoisotopic (exact) mass is 416 g/mol. The molecule has 4 rings (SSSR count). The third kappa shape index (κ3) is 5.32. The molecular formula is C22H36N6O2. The summed E-state index contributed by atoms with van der Waals surface area (Å²) in [6.45, 7) is 2.90. The van der Waals surface area contributed by atoms with E-state index in [1.165, 1.54) is 38.5 Å². The van der Waals surface area contributed by atoms with Gasteiger partial charge in [0, 0.05) is 51.0 Å². The van der Waals surface area contributed by atoms with Gasteiger partial charge >= 0.3 is 6.03 Å². The molecular weight excluding hydrogens is 380 g/mol. The molecule has 30 heavy (non-hydrogen) atoms. The average Bonchev–Trinajstić information content (AvgIpc) is 3.02. The molecule has 0 aromatic carbocycles. The Morgan fingerprint density at radius 1 is 0.933 bits per heavy atom. The number of aromatic nitrogens is 3. The molecule has 1 aromatic rings. The molecule has 3 amide bonds. The molecule has 2 aliphatic heterocycles. The molecule has 2 fully saturated rings. The molecule has 0 spiro atoms. The molecule has 3 heterocycles. The number of likely N-dealkylation sites (tertiary alicyclic amines) is 1. The van der Waals surface area contributed by atoms with E-state index < -0.39 is 0 Å². The number of hydrogen-bond acceptors (Lipinski definition) is 4. The summed E-state index contributed by atoms with van der Waals surface area (Å²) in [4.78, 5) is 26.8. The molecule has 1 atom stereocenters. The molecule has 0 bridgehead atoms. The highest BCUT2D eigenvalue weighted by molar-refractivity contribution is 5.78. The number of carbonyl (C=O) groups excluding carboxylic acids is 2. The summed E-state index contributed by atoms with van der Waals surface area (Å²) >= 11 is 0. The first-order valence-electron chi connectivity index (χ1n) is 11.9. The highest BCUT2D eigenvalue weighted by Crippen LogP contribution is 2.28. The summed E-state index contributed by atoms with van der Waals surface area (Å²) in [5.41, 5.74) is 0. The van der Waals surface area contributed by atoms with E-state index >= 15 is 0 Å². The van der Waals surface area contributed by atoms with E-state index in [9.17, 15) is 9.59 Å². The fourth-order valence-electron chi connectivity index (χ4n) is 5.15. The van der Waals surface area contributed by atoms with Crippen LogP contribution in [-0.4, -0.2) is 57.3 Å². The normalized spacial score (nSPS) is 22.8. The largest absolute Gasteiger partial charge is 0.342 e. The number of nitrogens with zero attached hydrogens (tertiary/aromatic N) is 4. The van der Waals surface area contributed by atoms with Gasteiger partial charge in [0.1, 0.15) is 11.6 Å². The maximum absolute atomic E-state index is 12.7. The zero-order valence-electron chi connectivity index (χ0n) is 18.1. The van der Waals surface area contributed by atoms with Gasteiger partial charge in [0.05, 0.1) is 0 Å². The average molecular weight is 417 g/mol. The van der Waals surface area contributed by atoms with Gasteiger partial charge in [-0.05, 0) is 38.5 Å². The lowest BCUT2D eigenvalue weighted by molar-refractivity contribution is -0.132. The van der Waals surface area contributed by atoms with Gasteiger partial charge in [-0.2, -0.15) is 0 Å². The van der Waals surface area contributed by atoms with Gasteiger partial charge in [-0.25, -0.2) is 4.79 Å². The van der Waals surface area contributed by atoms with Crippen molar-refractivity contribution in [3.8, 4) is 0 Å². The molecule has 1 aliphatic carbocycles. The Balaban J connectivity index is 1.24. The van der Waals surface area contributed by atoms with Crippen molar-refractivity contribution in [2.24, 2.45) is 0 Å². The van der Waals surface area contributed by atoms with Crippen LogP contribution in [0.15, 0.2) is 0 Å². The van der Waals surface area contributed by atoms with Crippen LogP contribution >= 0.6 is 0 Å². The predicted octanol–water partition coefficient (Wildman–Crippen LogP) is 2.73. The second kappa shape index (κ2) is 10.3. The number of amides is 3. The van der Waals surface area contributed by atoms with Crippen molar-refractivity contribution in [1.82, 2.24) is 30.3 Å². The van der Waals surface area contributed by atoms with Gasteiger partial charge in [-0.1, -0.05) is 25.7 Å². The van der Waals surface area contributed by atoms with Crippen LogP contribution in [0.2, 0.25) is 0 Å². The third-order valence-electron chi connectivity index (χ3n) is 6.84. The van der Waals surface area contributed by atoms with E-state index in [2.05, 4.69) is 25.4 Å². The molecule has 2 N–H and O–H groups in total. The summed E-state index contributed by atoms with van der Waals surface area (Å²) in [7, 11) is 0. The number of hydrogen-bond donors (Lipinski definition) is 2. The topological polar surface area (TPSA) is 92.2 Å². The third-order valence-corrected chi connectivity index (χ3v) is 6.84. The maximum atomic E-state index is 12.7. The van der Waals surface area contributed by atoms with Crippen molar-refractivity contribution in [3.05, 3.63) is 11.6 Å². The van der Waals surface area contributed by atoms with Gasteiger partial charge < -0.3 is 20.1 Å². The molecule has 8 heteroatoms. The highest BCUT2D eigenvalue weighted by Gasteiger charge is 2.29. The molecule has 8 nitrogen and oxygen atoms in total. The number of fused-ring (bicyclic) bond motifs is 1. The van der Waals surface area contributed by atoms with Gasteiger partial charge in [-0.15, -0.1) is 10.2 Å². The number of nitrogens with one attached hydrogen (secondary N) is 2. The van der Waals surface area contributed by atoms with E-state index in [1.54, 1.807) is 0 Å².